The van der Waals surface area contributed by atoms with E-state index in [1.807, 2.05) is 22.2 Å². The van der Waals surface area contributed by atoms with Crippen molar-refractivity contribution in [2.24, 2.45) is 5.92 Å². The van der Waals surface area contributed by atoms with Crippen LogP contribution in [0.2, 0.25) is 0 Å². The Labute approximate surface area is 131 Å². The number of aromatic nitrogens is 1. The molecule has 1 aliphatic carbocycles. The van der Waals surface area contributed by atoms with Gasteiger partial charge in [0, 0.05) is 18.1 Å². The number of nitrogens with zero attached hydrogens (tertiary/aromatic N) is 1. The van der Waals surface area contributed by atoms with E-state index in [4.69, 9.17) is 0 Å². The monoisotopic (exact) mass is 323 g/mol. The Kier molecular flexibility index (Phi) is 4.52. The third kappa shape index (κ3) is 3.81. The van der Waals surface area contributed by atoms with Crippen LogP contribution >= 0.6 is 22.7 Å². The maximum absolute atomic E-state index is 12.0. The Hall–Kier alpha value is -1.44. The Balaban J connectivity index is 1.51. The fourth-order valence-electron chi connectivity index (χ4n) is 2.16. The summed E-state index contributed by atoms with van der Waals surface area (Å²) in [6.07, 6.45) is 3.35. The standard InChI is InChI=1S/C14H17N3O2S2/c18-11(10-3-5-20-8-10)7-16-14(19)17-12(9-1-2-9)13-15-4-6-21-13/h3-6,8-9,11-12,18H,1-2,7H2,(H2,16,17,19). The van der Waals surface area contributed by atoms with Crippen molar-refractivity contribution in [1.82, 2.24) is 15.6 Å². The molecule has 1 saturated carbocycles. The molecule has 2 atom stereocenters. The maximum atomic E-state index is 12.0. The Morgan fingerprint density at radius 2 is 2.33 bits per heavy atom. The van der Waals surface area contributed by atoms with E-state index in [1.54, 1.807) is 17.5 Å². The number of thiazole rings is 1. The van der Waals surface area contributed by atoms with Crippen molar-refractivity contribution in [2.75, 3.05) is 6.54 Å². The highest BCUT2D eigenvalue weighted by Gasteiger charge is 2.35. The molecule has 2 heterocycles. The normalized spacial score (nSPS) is 17.2. The lowest BCUT2D eigenvalue weighted by atomic mass is 10.2. The molecule has 21 heavy (non-hydrogen) atoms. The van der Waals surface area contributed by atoms with Gasteiger partial charge in [0.25, 0.3) is 0 Å². The number of urea groups is 1. The molecule has 5 nitrogen and oxygen atoms in total. The molecule has 0 aliphatic heterocycles. The predicted octanol–water partition coefficient (Wildman–Crippen LogP) is 2.69. The SMILES string of the molecule is O=C(NCC(O)c1ccsc1)NC(c1nccs1)C1CC1. The summed E-state index contributed by atoms with van der Waals surface area (Å²) in [7, 11) is 0. The fourth-order valence-corrected chi connectivity index (χ4v) is 3.65. The van der Waals surface area contributed by atoms with Crippen molar-refractivity contribution in [3.63, 3.8) is 0 Å². The molecule has 7 heteroatoms. The third-order valence-corrected chi connectivity index (χ3v) is 5.04. The molecule has 1 aliphatic rings. The van der Waals surface area contributed by atoms with Crippen LogP contribution in [0.3, 0.4) is 0 Å². The van der Waals surface area contributed by atoms with E-state index in [1.165, 1.54) is 11.3 Å². The molecule has 0 saturated heterocycles. The summed E-state index contributed by atoms with van der Waals surface area (Å²) in [5.41, 5.74) is 0.832. The summed E-state index contributed by atoms with van der Waals surface area (Å²) in [6.45, 7) is 0.206. The highest BCUT2D eigenvalue weighted by Crippen LogP contribution is 2.41. The molecule has 0 radical (unpaired) electrons. The zero-order valence-electron chi connectivity index (χ0n) is 11.4. The van der Waals surface area contributed by atoms with Gasteiger partial charge >= 0.3 is 6.03 Å². The summed E-state index contributed by atoms with van der Waals surface area (Å²) in [5.74, 6) is 0.490. The zero-order valence-corrected chi connectivity index (χ0v) is 13.0. The summed E-state index contributed by atoms with van der Waals surface area (Å²) in [5, 5.41) is 22.3. The molecule has 0 aromatic carbocycles. The molecule has 1 fully saturated rings. The summed E-state index contributed by atoms with van der Waals surface area (Å²) in [6, 6.07) is 1.59. The minimum Gasteiger partial charge on any atom is -0.387 e. The van der Waals surface area contributed by atoms with Gasteiger partial charge in [0.05, 0.1) is 12.1 Å². The lowest BCUT2D eigenvalue weighted by Gasteiger charge is -2.17. The van der Waals surface area contributed by atoms with Crippen LogP contribution in [0.5, 0.6) is 0 Å². The van der Waals surface area contributed by atoms with Gasteiger partial charge in [0.2, 0.25) is 0 Å². The number of aliphatic hydroxyl groups excluding tert-OH is 1. The second-order valence-corrected chi connectivity index (χ2v) is 6.82. The van der Waals surface area contributed by atoms with Crippen molar-refractivity contribution >= 4 is 28.7 Å². The van der Waals surface area contributed by atoms with Crippen LogP contribution in [0.25, 0.3) is 0 Å². The molecule has 3 N–H and O–H groups in total. The number of rotatable bonds is 6. The second-order valence-electron chi connectivity index (χ2n) is 5.11. The van der Waals surface area contributed by atoms with Gasteiger partial charge < -0.3 is 15.7 Å². The highest BCUT2D eigenvalue weighted by atomic mass is 32.1. The molecule has 2 aromatic heterocycles. The maximum Gasteiger partial charge on any atom is 0.315 e. The number of aliphatic hydroxyl groups is 1. The molecule has 0 spiro atoms. The lowest BCUT2D eigenvalue weighted by molar-refractivity contribution is 0.172. The van der Waals surface area contributed by atoms with Crippen molar-refractivity contribution in [2.45, 2.75) is 25.0 Å². The van der Waals surface area contributed by atoms with E-state index in [2.05, 4.69) is 15.6 Å². The first-order valence-corrected chi connectivity index (χ1v) is 8.70. The molecule has 112 valence electrons. The number of hydrogen-bond donors (Lipinski definition) is 3. The Morgan fingerprint density at radius 1 is 1.48 bits per heavy atom. The van der Waals surface area contributed by atoms with E-state index >= 15 is 0 Å². The van der Waals surface area contributed by atoms with Gasteiger partial charge in [-0.2, -0.15) is 11.3 Å². The first-order chi connectivity index (χ1) is 10.2. The average molecular weight is 323 g/mol. The van der Waals surface area contributed by atoms with Crippen molar-refractivity contribution in [3.8, 4) is 0 Å². The molecule has 2 unspecified atom stereocenters. The lowest BCUT2D eigenvalue weighted by Crippen LogP contribution is -2.40. The first-order valence-electron chi connectivity index (χ1n) is 6.88. The van der Waals surface area contributed by atoms with Gasteiger partial charge in [-0.05, 0) is 41.1 Å². The van der Waals surface area contributed by atoms with Crippen LogP contribution in [0, 0.1) is 5.92 Å². The minimum absolute atomic E-state index is 0.0108. The van der Waals surface area contributed by atoms with Gasteiger partial charge in [0.15, 0.2) is 0 Å². The molecule has 0 bridgehead atoms. The number of thiophene rings is 1. The minimum atomic E-state index is -0.666. The van der Waals surface area contributed by atoms with Gasteiger partial charge in [-0.3, -0.25) is 0 Å². The van der Waals surface area contributed by atoms with Crippen LogP contribution in [0.4, 0.5) is 4.79 Å². The van der Waals surface area contributed by atoms with Crippen LogP contribution < -0.4 is 10.6 Å². The van der Waals surface area contributed by atoms with E-state index < -0.39 is 6.10 Å². The third-order valence-electron chi connectivity index (χ3n) is 3.48. The number of carbonyl (C=O) groups is 1. The van der Waals surface area contributed by atoms with Crippen molar-refractivity contribution in [1.29, 1.82) is 0 Å². The summed E-state index contributed by atoms with van der Waals surface area (Å²) >= 11 is 3.09. The average Bonchev–Trinajstić information content (AvgIpc) is 2.97. The number of amides is 2. The van der Waals surface area contributed by atoms with Gasteiger partial charge in [-0.25, -0.2) is 9.78 Å². The van der Waals surface area contributed by atoms with Crippen LogP contribution in [0.15, 0.2) is 28.4 Å². The number of nitrogens with one attached hydrogen (secondary N) is 2. The Bertz CT molecular complexity index is 567. The van der Waals surface area contributed by atoms with E-state index in [0.29, 0.717) is 5.92 Å². The highest BCUT2D eigenvalue weighted by molar-refractivity contribution is 7.09. The van der Waals surface area contributed by atoms with Gasteiger partial charge in [-0.15, -0.1) is 11.3 Å². The van der Waals surface area contributed by atoms with Crippen LogP contribution in [0.1, 0.15) is 35.6 Å². The summed E-state index contributed by atoms with van der Waals surface area (Å²) in [4.78, 5) is 16.3. The van der Waals surface area contributed by atoms with Gasteiger partial charge in [0.1, 0.15) is 5.01 Å². The van der Waals surface area contributed by atoms with E-state index in [-0.39, 0.29) is 18.6 Å². The van der Waals surface area contributed by atoms with E-state index in [0.717, 1.165) is 23.4 Å². The fraction of sp³-hybridized carbons (Fsp3) is 0.429. The van der Waals surface area contributed by atoms with Crippen LogP contribution in [-0.2, 0) is 0 Å². The first kappa shape index (κ1) is 14.5. The second kappa shape index (κ2) is 6.55. The summed E-state index contributed by atoms with van der Waals surface area (Å²) < 4.78 is 0. The van der Waals surface area contributed by atoms with E-state index in [9.17, 15) is 9.90 Å². The molecular formula is C14H17N3O2S2. The zero-order chi connectivity index (χ0) is 14.7. The quantitative estimate of drug-likeness (QED) is 0.765. The van der Waals surface area contributed by atoms with Crippen molar-refractivity contribution < 1.29 is 9.90 Å². The predicted molar refractivity (Wildman–Crippen MR) is 83.4 cm³/mol. The largest absolute Gasteiger partial charge is 0.387 e. The van der Waals surface area contributed by atoms with Gasteiger partial charge in [-0.1, -0.05) is 0 Å². The Morgan fingerprint density at radius 3 is 2.95 bits per heavy atom. The smallest absolute Gasteiger partial charge is 0.315 e. The molecular weight excluding hydrogens is 306 g/mol. The molecule has 2 amide bonds. The number of hydrogen-bond acceptors (Lipinski definition) is 5. The van der Waals surface area contributed by atoms with Crippen molar-refractivity contribution in [3.05, 3.63) is 39.0 Å². The molecule has 3 rings (SSSR count). The topological polar surface area (TPSA) is 74.2 Å². The van der Waals surface area contributed by atoms with Crippen LogP contribution in [-0.4, -0.2) is 22.7 Å². The molecule has 2 aromatic rings. The number of carbonyl (C=O) groups excluding carboxylic acids is 1.